The van der Waals surface area contributed by atoms with Gasteiger partial charge in [0.05, 0.1) is 6.67 Å². The molecule has 0 aromatic heterocycles. The minimum atomic E-state index is -0.751. The van der Waals surface area contributed by atoms with Gasteiger partial charge in [-0.25, -0.2) is 0 Å². The summed E-state index contributed by atoms with van der Waals surface area (Å²) in [6.07, 6.45) is 6.63. The topological polar surface area (TPSA) is 73.0 Å². The highest BCUT2D eigenvalue weighted by Crippen LogP contribution is 2.39. The second-order valence-corrected chi connectivity index (χ2v) is 12.5. The number of para-hydroxylation sites is 1. The molecule has 0 atom stereocenters. The molecule has 7 heteroatoms. The van der Waals surface area contributed by atoms with E-state index in [2.05, 4.69) is 31.0 Å². The molecule has 3 aliphatic rings. The number of hydrogen-bond donors (Lipinski definition) is 1. The van der Waals surface area contributed by atoms with Crippen LogP contribution >= 0.6 is 0 Å². The second kappa shape index (κ2) is 11.0. The highest BCUT2D eigenvalue weighted by atomic mass is 16.2. The molecular formula is C32H42N4O3. The third kappa shape index (κ3) is 5.68. The van der Waals surface area contributed by atoms with E-state index in [9.17, 15) is 14.4 Å². The van der Waals surface area contributed by atoms with E-state index in [-0.39, 0.29) is 35.7 Å². The van der Waals surface area contributed by atoms with Gasteiger partial charge >= 0.3 is 0 Å². The van der Waals surface area contributed by atoms with Gasteiger partial charge in [0.1, 0.15) is 12.1 Å². The molecule has 0 unspecified atom stereocenters. The molecule has 5 rings (SSSR count). The van der Waals surface area contributed by atoms with E-state index >= 15 is 0 Å². The molecule has 2 aromatic rings. The maximum atomic E-state index is 14.0. The van der Waals surface area contributed by atoms with Crippen molar-refractivity contribution in [3.8, 4) is 0 Å². The number of likely N-dealkylation sites (tertiary alicyclic amines) is 1. The smallest absolute Gasteiger partial charge is 0.253 e. The number of nitrogens with one attached hydrogen (secondary N) is 1. The van der Waals surface area contributed by atoms with Crippen molar-refractivity contribution in [3.63, 3.8) is 0 Å². The zero-order chi connectivity index (χ0) is 27.6. The van der Waals surface area contributed by atoms with Crippen molar-refractivity contribution in [1.82, 2.24) is 15.1 Å². The van der Waals surface area contributed by atoms with E-state index in [1.54, 1.807) is 4.90 Å². The SMILES string of the molecule is CC(C)(C)c1ccc(C(=O)N2CCC3(CC2)C(=O)N(CC(=O)NC2CCCCC2)CN3c2ccccc2)cc1. The number of benzene rings is 2. The fourth-order valence-electron chi connectivity index (χ4n) is 6.39. The summed E-state index contributed by atoms with van der Waals surface area (Å²) in [5.41, 5.74) is 2.12. The van der Waals surface area contributed by atoms with Crippen molar-refractivity contribution in [2.75, 3.05) is 31.2 Å². The second-order valence-electron chi connectivity index (χ2n) is 12.5. The van der Waals surface area contributed by atoms with Crippen LogP contribution in [0.4, 0.5) is 5.69 Å². The Labute approximate surface area is 232 Å². The Kier molecular flexibility index (Phi) is 7.70. The van der Waals surface area contributed by atoms with Crippen LogP contribution in [0.25, 0.3) is 0 Å². The van der Waals surface area contributed by atoms with Crippen molar-refractivity contribution in [3.05, 3.63) is 65.7 Å². The van der Waals surface area contributed by atoms with E-state index in [4.69, 9.17) is 0 Å². The van der Waals surface area contributed by atoms with Gasteiger partial charge in [-0.15, -0.1) is 0 Å². The fraction of sp³-hybridized carbons (Fsp3) is 0.531. The molecule has 7 nitrogen and oxygen atoms in total. The van der Waals surface area contributed by atoms with Gasteiger partial charge in [-0.2, -0.15) is 0 Å². The lowest BCUT2D eigenvalue weighted by molar-refractivity contribution is -0.137. The largest absolute Gasteiger partial charge is 0.352 e. The average molecular weight is 531 g/mol. The average Bonchev–Trinajstić information content (AvgIpc) is 3.19. The fourth-order valence-corrected chi connectivity index (χ4v) is 6.39. The number of nitrogens with zero attached hydrogens (tertiary/aromatic N) is 3. The normalized spacial score (nSPS) is 20.0. The summed E-state index contributed by atoms with van der Waals surface area (Å²) in [6.45, 7) is 7.93. The van der Waals surface area contributed by atoms with E-state index in [0.29, 0.717) is 38.2 Å². The third-order valence-corrected chi connectivity index (χ3v) is 8.76. The lowest BCUT2D eigenvalue weighted by atomic mass is 9.84. The molecule has 2 heterocycles. The third-order valence-electron chi connectivity index (χ3n) is 8.76. The van der Waals surface area contributed by atoms with Crippen molar-refractivity contribution in [1.29, 1.82) is 0 Å². The van der Waals surface area contributed by atoms with Crippen LogP contribution in [0, 0.1) is 0 Å². The number of carbonyl (C=O) groups excluding carboxylic acids is 3. The van der Waals surface area contributed by atoms with Crippen molar-refractivity contribution < 1.29 is 14.4 Å². The standard InChI is InChI=1S/C32H42N4O3/c1-31(2,3)25-16-14-24(15-17-25)29(38)34-20-18-32(19-21-34)30(39)35(23-36(32)27-12-8-5-9-13-27)22-28(37)33-26-10-6-4-7-11-26/h5,8-9,12-17,26H,4,6-7,10-11,18-23H2,1-3H3,(H,33,37). The lowest BCUT2D eigenvalue weighted by Gasteiger charge is -2.43. The van der Waals surface area contributed by atoms with Crippen molar-refractivity contribution in [2.45, 2.75) is 82.7 Å². The Morgan fingerprint density at radius 1 is 0.923 bits per heavy atom. The Bertz CT molecular complexity index is 1170. The summed E-state index contributed by atoms with van der Waals surface area (Å²) >= 11 is 0. The summed E-state index contributed by atoms with van der Waals surface area (Å²) in [5.74, 6) is -0.0795. The first-order valence-electron chi connectivity index (χ1n) is 14.5. The predicted octanol–water partition coefficient (Wildman–Crippen LogP) is 4.71. The number of carbonyl (C=O) groups is 3. The van der Waals surface area contributed by atoms with Gasteiger partial charge < -0.3 is 20.0 Å². The Morgan fingerprint density at radius 2 is 1.56 bits per heavy atom. The van der Waals surface area contributed by atoms with Crippen LogP contribution in [-0.2, 0) is 15.0 Å². The highest BCUT2D eigenvalue weighted by Gasteiger charge is 2.54. The number of amides is 3. The number of hydrogen-bond acceptors (Lipinski definition) is 4. The summed E-state index contributed by atoms with van der Waals surface area (Å²) in [6, 6.07) is 18.1. The molecule has 0 bridgehead atoms. The molecule has 2 aromatic carbocycles. The minimum absolute atomic E-state index is 0.00531. The summed E-state index contributed by atoms with van der Waals surface area (Å²) in [4.78, 5) is 46.0. The van der Waals surface area contributed by atoms with E-state index in [1.165, 1.54) is 12.0 Å². The van der Waals surface area contributed by atoms with Crippen LogP contribution in [0.5, 0.6) is 0 Å². The summed E-state index contributed by atoms with van der Waals surface area (Å²) in [5, 5.41) is 3.16. The lowest BCUT2D eigenvalue weighted by Crippen LogP contribution is -2.57. The van der Waals surface area contributed by atoms with Crippen LogP contribution in [0.3, 0.4) is 0 Å². The van der Waals surface area contributed by atoms with Gasteiger partial charge in [-0.05, 0) is 60.9 Å². The summed E-state index contributed by atoms with van der Waals surface area (Å²) in [7, 11) is 0. The quantitative estimate of drug-likeness (QED) is 0.608. The van der Waals surface area contributed by atoms with Gasteiger partial charge in [0.15, 0.2) is 0 Å². The molecule has 3 fully saturated rings. The molecule has 1 aliphatic carbocycles. The molecule has 1 saturated carbocycles. The molecule has 39 heavy (non-hydrogen) atoms. The minimum Gasteiger partial charge on any atom is -0.352 e. The predicted molar refractivity (Wildman–Crippen MR) is 154 cm³/mol. The maximum Gasteiger partial charge on any atom is 0.253 e. The van der Waals surface area contributed by atoms with Gasteiger partial charge in [0.2, 0.25) is 5.91 Å². The van der Waals surface area contributed by atoms with Crippen LogP contribution in [0.2, 0.25) is 0 Å². The van der Waals surface area contributed by atoms with Crippen molar-refractivity contribution >= 4 is 23.4 Å². The Hall–Kier alpha value is -3.35. The zero-order valence-corrected chi connectivity index (χ0v) is 23.6. The molecule has 2 aliphatic heterocycles. The molecule has 3 amide bonds. The van der Waals surface area contributed by atoms with Crippen LogP contribution in [0.15, 0.2) is 54.6 Å². The highest BCUT2D eigenvalue weighted by molar-refractivity contribution is 5.97. The Morgan fingerprint density at radius 3 is 2.18 bits per heavy atom. The first kappa shape index (κ1) is 27.2. The van der Waals surface area contributed by atoms with Gasteiger partial charge in [-0.1, -0.05) is 70.4 Å². The first-order chi connectivity index (χ1) is 18.7. The van der Waals surface area contributed by atoms with Crippen LogP contribution in [-0.4, -0.2) is 65.4 Å². The van der Waals surface area contributed by atoms with Crippen LogP contribution in [0.1, 0.15) is 81.6 Å². The first-order valence-corrected chi connectivity index (χ1v) is 14.5. The van der Waals surface area contributed by atoms with Gasteiger partial charge in [-0.3, -0.25) is 14.4 Å². The van der Waals surface area contributed by atoms with Gasteiger partial charge in [0.25, 0.3) is 11.8 Å². The molecule has 0 radical (unpaired) electrons. The van der Waals surface area contributed by atoms with E-state index in [1.807, 2.05) is 59.5 Å². The van der Waals surface area contributed by atoms with Crippen LogP contribution < -0.4 is 10.2 Å². The number of piperidine rings is 1. The number of rotatable bonds is 5. The maximum absolute atomic E-state index is 14.0. The van der Waals surface area contributed by atoms with Crippen molar-refractivity contribution in [2.24, 2.45) is 0 Å². The monoisotopic (exact) mass is 530 g/mol. The van der Waals surface area contributed by atoms with E-state index < -0.39 is 5.54 Å². The molecule has 208 valence electrons. The molecule has 2 saturated heterocycles. The summed E-state index contributed by atoms with van der Waals surface area (Å²) < 4.78 is 0. The molecule has 1 spiro atoms. The molecule has 1 N–H and O–H groups in total. The number of anilines is 1. The molecular weight excluding hydrogens is 488 g/mol. The van der Waals surface area contributed by atoms with Gasteiger partial charge in [0, 0.05) is 30.4 Å². The zero-order valence-electron chi connectivity index (χ0n) is 23.6. The van der Waals surface area contributed by atoms with E-state index in [0.717, 1.165) is 31.4 Å². The Balaban J connectivity index is 1.29.